The van der Waals surface area contributed by atoms with Crippen LogP contribution in [-0.2, 0) is 0 Å². The Morgan fingerprint density at radius 3 is 2.34 bits per heavy atom. The topological polar surface area (TPSA) is 69.7 Å². The lowest BCUT2D eigenvalue weighted by Crippen LogP contribution is -2.37. The monoisotopic (exact) mass is 395 g/mol. The number of imide groups is 1. The number of likely N-dealkylation sites (tertiary alicyclic amines) is 1. The van der Waals surface area contributed by atoms with Crippen molar-refractivity contribution in [2.45, 2.75) is 19.3 Å². The molecule has 1 saturated heterocycles. The summed E-state index contributed by atoms with van der Waals surface area (Å²) in [7, 11) is 0. The number of nitrogens with zero attached hydrogens (tertiary/aromatic N) is 2. The molecule has 0 saturated carbocycles. The van der Waals surface area contributed by atoms with Gasteiger partial charge in [0.15, 0.2) is 0 Å². The van der Waals surface area contributed by atoms with Crippen LogP contribution in [0, 0.1) is 5.82 Å². The normalized spacial score (nSPS) is 16.8. The molecule has 3 amide bonds. The summed E-state index contributed by atoms with van der Waals surface area (Å²) in [5.41, 5.74) is 1.06. The molecular formula is C22H22FN3O3. The minimum Gasteiger partial charge on any atom is -0.351 e. The SMILES string of the molecule is O=C(NCCN1CCCCC1)c1ccc2c(c1)C(=O)N(c1ccc(F)cc1)C2=O. The molecule has 1 fully saturated rings. The number of amides is 3. The summed E-state index contributed by atoms with van der Waals surface area (Å²) in [5, 5.41) is 2.88. The van der Waals surface area contributed by atoms with Crippen LogP contribution < -0.4 is 10.2 Å². The van der Waals surface area contributed by atoms with E-state index in [9.17, 15) is 18.8 Å². The van der Waals surface area contributed by atoms with Crippen molar-refractivity contribution >= 4 is 23.4 Å². The van der Waals surface area contributed by atoms with Gasteiger partial charge in [0, 0.05) is 18.7 Å². The third-order valence-corrected chi connectivity index (χ3v) is 5.40. The average Bonchev–Trinajstić information content (AvgIpc) is 2.99. The zero-order valence-electron chi connectivity index (χ0n) is 16.0. The molecule has 2 aliphatic heterocycles. The van der Waals surface area contributed by atoms with Crippen molar-refractivity contribution in [3.63, 3.8) is 0 Å². The van der Waals surface area contributed by atoms with Crippen LogP contribution in [0.2, 0.25) is 0 Å². The first kappa shape index (κ1) is 19.3. The molecule has 7 heteroatoms. The van der Waals surface area contributed by atoms with E-state index in [-0.39, 0.29) is 17.0 Å². The van der Waals surface area contributed by atoms with Gasteiger partial charge in [-0.15, -0.1) is 0 Å². The highest BCUT2D eigenvalue weighted by Gasteiger charge is 2.37. The lowest BCUT2D eigenvalue weighted by molar-refractivity contribution is 0.0923. The molecule has 0 aromatic heterocycles. The van der Waals surface area contributed by atoms with Crippen molar-refractivity contribution in [2.75, 3.05) is 31.1 Å². The molecule has 0 bridgehead atoms. The van der Waals surface area contributed by atoms with Gasteiger partial charge in [0.05, 0.1) is 16.8 Å². The Morgan fingerprint density at radius 2 is 1.62 bits per heavy atom. The van der Waals surface area contributed by atoms with Crippen LogP contribution in [0.1, 0.15) is 50.3 Å². The van der Waals surface area contributed by atoms with Crippen LogP contribution >= 0.6 is 0 Å². The van der Waals surface area contributed by atoms with Gasteiger partial charge in [0.25, 0.3) is 17.7 Å². The number of anilines is 1. The molecule has 6 nitrogen and oxygen atoms in total. The molecule has 0 unspecified atom stereocenters. The van der Waals surface area contributed by atoms with E-state index in [1.165, 1.54) is 55.7 Å². The highest BCUT2D eigenvalue weighted by atomic mass is 19.1. The number of carbonyl (C=O) groups excluding carboxylic acids is 3. The maximum Gasteiger partial charge on any atom is 0.266 e. The second-order valence-electron chi connectivity index (χ2n) is 7.34. The predicted molar refractivity (Wildman–Crippen MR) is 107 cm³/mol. The highest BCUT2D eigenvalue weighted by molar-refractivity contribution is 6.34. The fourth-order valence-corrected chi connectivity index (χ4v) is 3.82. The summed E-state index contributed by atoms with van der Waals surface area (Å²) in [6.07, 6.45) is 3.65. The molecule has 2 aromatic rings. The second-order valence-corrected chi connectivity index (χ2v) is 7.34. The molecule has 0 aliphatic carbocycles. The van der Waals surface area contributed by atoms with Crippen molar-refractivity contribution in [3.05, 3.63) is 65.0 Å². The van der Waals surface area contributed by atoms with E-state index in [1.54, 1.807) is 6.07 Å². The number of hydrogen-bond donors (Lipinski definition) is 1. The number of halogens is 1. The summed E-state index contributed by atoms with van der Waals surface area (Å²) in [6.45, 7) is 3.45. The largest absolute Gasteiger partial charge is 0.351 e. The van der Waals surface area contributed by atoms with Gasteiger partial charge in [-0.05, 0) is 68.4 Å². The number of rotatable bonds is 5. The molecule has 150 valence electrons. The Labute approximate surface area is 168 Å². The summed E-state index contributed by atoms with van der Waals surface area (Å²) in [6, 6.07) is 9.65. The summed E-state index contributed by atoms with van der Waals surface area (Å²) >= 11 is 0. The minimum atomic E-state index is -0.514. The molecule has 4 rings (SSSR count). The van der Waals surface area contributed by atoms with Crippen molar-refractivity contribution in [1.82, 2.24) is 10.2 Å². The average molecular weight is 395 g/mol. The number of piperidine rings is 1. The fourth-order valence-electron chi connectivity index (χ4n) is 3.82. The van der Waals surface area contributed by atoms with Gasteiger partial charge < -0.3 is 10.2 Å². The molecule has 2 heterocycles. The molecule has 0 radical (unpaired) electrons. The Morgan fingerprint density at radius 1 is 0.931 bits per heavy atom. The molecule has 2 aromatic carbocycles. The van der Waals surface area contributed by atoms with Crippen LogP contribution in [-0.4, -0.2) is 48.8 Å². The van der Waals surface area contributed by atoms with E-state index in [0.29, 0.717) is 17.8 Å². The molecule has 0 spiro atoms. The van der Waals surface area contributed by atoms with Gasteiger partial charge in [-0.1, -0.05) is 6.42 Å². The van der Waals surface area contributed by atoms with Crippen molar-refractivity contribution < 1.29 is 18.8 Å². The molecule has 0 atom stereocenters. The number of fused-ring (bicyclic) bond motifs is 1. The van der Waals surface area contributed by atoms with Gasteiger partial charge in [0.1, 0.15) is 5.82 Å². The first-order valence-corrected chi connectivity index (χ1v) is 9.83. The van der Waals surface area contributed by atoms with Crippen LogP contribution in [0.5, 0.6) is 0 Å². The third kappa shape index (κ3) is 3.91. The highest BCUT2D eigenvalue weighted by Crippen LogP contribution is 2.29. The molecule has 1 N–H and O–H groups in total. The smallest absolute Gasteiger partial charge is 0.266 e. The quantitative estimate of drug-likeness (QED) is 0.791. The Kier molecular flexibility index (Phi) is 5.40. The Bertz CT molecular complexity index is 952. The lowest BCUT2D eigenvalue weighted by Gasteiger charge is -2.26. The van der Waals surface area contributed by atoms with Gasteiger partial charge >= 0.3 is 0 Å². The molecule has 2 aliphatic rings. The van der Waals surface area contributed by atoms with Gasteiger partial charge in [-0.2, -0.15) is 0 Å². The Hall–Kier alpha value is -3.06. The standard InChI is InChI=1S/C22H22FN3O3/c23-16-5-7-17(8-6-16)26-21(28)18-9-4-15(14-19(18)22(26)29)20(27)24-10-13-25-11-2-1-3-12-25/h4-9,14H,1-3,10-13H2,(H,24,27). The Balaban J connectivity index is 1.45. The second kappa shape index (κ2) is 8.13. The minimum absolute atomic E-state index is 0.183. The molecule has 29 heavy (non-hydrogen) atoms. The van der Waals surface area contributed by atoms with Gasteiger partial charge in [0.2, 0.25) is 0 Å². The summed E-state index contributed by atoms with van der Waals surface area (Å²) < 4.78 is 13.2. The fraction of sp³-hybridized carbons (Fsp3) is 0.318. The molecular weight excluding hydrogens is 373 g/mol. The van der Waals surface area contributed by atoms with Gasteiger partial charge in [-0.3, -0.25) is 14.4 Å². The summed E-state index contributed by atoms with van der Waals surface area (Å²) in [5.74, 6) is -1.72. The van der Waals surface area contributed by atoms with E-state index < -0.39 is 17.6 Å². The van der Waals surface area contributed by atoms with Crippen molar-refractivity contribution in [2.24, 2.45) is 0 Å². The van der Waals surface area contributed by atoms with E-state index in [1.807, 2.05) is 0 Å². The van der Waals surface area contributed by atoms with E-state index in [2.05, 4.69) is 10.2 Å². The number of benzene rings is 2. The van der Waals surface area contributed by atoms with Crippen molar-refractivity contribution in [1.29, 1.82) is 0 Å². The number of nitrogens with one attached hydrogen (secondary N) is 1. The first-order valence-electron chi connectivity index (χ1n) is 9.83. The lowest BCUT2D eigenvalue weighted by atomic mass is 10.1. The van der Waals surface area contributed by atoms with E-state index >= 15 is 0 Å². The van der Waals surface area contributed by atoms with E-state index in [0.717, 1.165) is 24.5 Å². The van der Waals surface area contributed by atoms with Gasteiger partial charge in [-0.25, -0.2) is 9.29 Å². The zero-order valence-corrected chi connectivity index (χ0v) is 16.0. The van der Waals surface area contributed by atoms with Crippen molar-refractivity contribution in [3.8, 4) is 0 Å². The maximum absolute atomic E-state index is 13.2. The first-order chi connectivity index (χ1) is 14.0. The summed E-state index contributed by atoms with van der Waals surface area (Å²) in [4.78, 5) is 41.2. The predicted octanol–water partition coefficient (Wildman–Crippen LogP) is 2.84. The van der Waals surface area contributed by atoms with Crippen LogP contribution in [0.4, 0.5) is 10.1 Å². The third-order valence-electron chi connectivity index (χ3n) is 5.40. The van der Waals surface area contributed by atoms with Crippen LogP contribution in [0.25, 0.3) is 0 Å². The van der Waals surface area contributed by atoms with E-state index in [4.69, 9.17) is 0 Å². The van der Waals surface area contributed by atoms with Crippen LogP contribution in [0.3, 0.4) is 0 Å². The number of hydrogen-bond acceptors (Lipinski definition) is 4. The van der Waals surface area contributed by atoms with Crippen LogP contribution in [0.15, 0.2) is 42.5 Å². The zero-order chi connectivity index (χ0) is 20.4. The number of carbonyl (C=O) groups is 3. The maximum atomic E-state index is 13.2.